The predicted molar refractivity (Wildman–Crippen MR) is 80.6 cm³/mol. The van der Waals surface area contributed by atoms with E-state index in [-0.39, 0.29) is 11.8 Å². The number of carbonyl (C=O) groups is 1. The summed E-state index contributed by atoms with van der Waals surface area (Å²) < 4.78 is 0. The Balaban J connectivity index is 1.85. The Morgan fingerprint density at radius 1 is 1.50 bits per heavy atom. The second-order valence-electron chi connectivity index (χ2n) is 5.58. The highest BCUT2D eigenvalue weighted by molar-refractivity contribution is 5.78. The van der Waals surface area contributed by atoms with Gasteiger partial charge in [-0.1, -0.05) is 13.0 Å². The molecule has 0 saturated heterocycles. The maximum absolute atomic E-state index is 11.5. The summed E-state index contributed by atoms with van der Waals surface area (Å²) >= 11 is 0. The molecule has 1 fully saturated rings. The summed E-state index contributed by atoms with van der Waals surface area (Å²) in [5, 5.41) is 6.14. The van der Waals surface area contributed by atoms with Crippen molar-refractivity contribution in [2.75, 3.05) is 25.5 Å². The lowest BCUT2D eigenvalue weighted by atomic mass is 10.1. The molecule has 0 aromatic carbocycles. The fourth-order valence-corrected chi connectivity index (χ4v) is 2.13. The fourth-order valence-electron chi connectivity index (χ4n) is 2.13. The van der Waals surface area contributed by atoms with Crippen LogP contribution in [0.25, 0.3) is 0 Å². The van der Waals surface area contributed by atoms with Crippen LogP contribution < -0.4 is 15.5 Å². The minimum atomic E-state index is -0.0528. The number of nitrogens with one attached hydrogen (secondary N) is 2. The number of aromatic nitrogens is 1. The first-order chi connectivity index (χ1) is 9.60. The molecule has 0 aliphatic heterocycles. The summed E-state index contributed by atoms with van der Waals surface area (Å²) in [6.45, 7) is 3.46. The van der Waals surface area contributed by atoms with Gasteiger partial charge in [-0.3, -0.25) is 4.79 Å². The summed E-state index contributed by atoms with van der Waals surface area (Å²) in [6, 6.07) is 4.82. The van der Waals surface area contributed by atoms with Gasteiger partial charge >= 0.3 is 0 Å². The summed E-state index contributed by atoms with van der Waals surface area (Å²) in [5.41, 5.74) is 1.20. The molecule has 2 rings (SSSR count). The number of anilines is 1. The monoisotopic (exact) mass is 276 g/mol. The molecule has 0 bridgehead atoms. The molecular formula is C15H24N4O. The van der Waals surface area contributed by atoms with Gasteiger partial charge in [0.2, 0.25) is 5.91 Å². The second-order valence-corrected chi connectivity index (χ2v) is 5.58. The topological polar surface area (TPSA) is 57.3 Å². The molecule has 1 aliphatic rings. The van der Waals surface area contributed by atoms with Crippen molar-refractivity contribution in [3.8, 4) is 0 Å². The average molecular weight is 276 g/mol. The van der Waals surface area contributed by atoms with Gasteiger partial charge in [-0.15, -0.1) is 0 Å². The molecule has 0 spiro atoms. The molecule has 1 unspecified atom stereocenters. The SMILES string of the molecule is CNC(=O)C(C)CN(C)c1ccc(CNC2CC2)cn1. The summed E-state index contributed by atoms with van der Waals surface area (Å²) in [7, 11) is 3.63. The van der Waals surface area contributed by atoms with Gasteiger partial charge in [0.05, 0.1) is 5.92 Å². The van der Waals surface area contributed by atoms with Gasteiger partial charge in [0, 0.05) is 39.4 Å². The number of pyridine rings is 1. The van der Waals surface area contributed by atoms with E-state index in [2.05, 4.69) is 21.7 Å². The quantitative estimate of drug-likeness (QED) is 0.784. The number of rotatable bonds is 7. The van der Waals surface area contributed by atoms with E-state index in [1.807, 2.05) is 31.1 Å². The van der Waals surface area contributed by atoms with Crippen molar-refractivity contribution in [2.24, 2.45) is 5.92 Å². The van der Waals surface area contributed by atoms with Crippen molar-refractivity contribution in [3.63, 3.8) is 0 Å². The van der Waals surface area contributed by atoms with E-state index in [0.717, 1.165) is 12.4 Å². The zero-order valence-corrected chi connectivity index (χ0v) is 12.5. The van der Waals surface area contributed by atoms with Crippen LogP contribution in [0.15, 0.2) is 18.3 Å². The lowest BCUT2D eigenvalue weighted by Crippen LogP contribution is -2.34. The van der Waals surface area contributed by atoms with Crippen molar-refractivity contribution in [2.45, 2.75) is 32.4 Å². The van der Waals surface area contributed by atoms with Crippen LogP contribution in [0.5, 0.6) is 0 Å². The van der Waals surface area contributed by atoms with Crippen LogP contribution in [-0.2, 0) is 11.3 Å². The number of carbonyl (C=O) groups excluding carboxylic acids is 1. The lowest BCUT2D eigenvalue weighted by molar-refractivity contribution is -0.123. The molecule has 1 aromatic rings. The zero-order chi connectivity index (χ0) is 14.5. The van der Waals surface area contributed by atoms with Crippen molar-refractivity contribution < 1.29 is 4.79 Å². The first-order valence-electron chi connectivity index (χ1n) is 7.21. The van der Waals surface area contributed by atoms with Crippen molar-refractivity contribution in [1.29, 1.82) is 0 Å². The molecule has 1 aliphatic carbocycles. The van der Waals surface area contributed by atoms with Crippen LogP contribution in [0.3, 0.4) is 0 Å². The standard InChI is InChI=1S/C15H24N4O/c1-11(15(20)16-2)10-19(3)14-7-4-12(9-18-14)8-17-13-5-6-13/h4,7,9,11,13,17H,5-6,8,10H2,1-3H3,(H,16,20). The van der Waals surface area contributed by atoms with Gasteiger partial charge in [0.1, 0.15) is 5.82 Å². The second kappa shape index (κ2) is 6.70. The molecule has 5 heteroatoms. The van der Waals surface area contributed by atoms with E-state index in [1.165, 1.54) is 18.4 Å². The Labute approximate surface area is 120 Å². The van der Waals surface area contributed by atoms with Crippen molar-refractivity contribution in [3.05, 3.63) is 23.9 Å². The Morgan fingerprint density at radius 3 is 2.80 bits per heavy atom. The number of nitrogens with zero attached hydrogens (tertiary/aromatic N) is 2. The number of hydrogen-bond donors (Lipinski definition) is 2. The maximum atomic E-state index is 11.5. The largest absolute Gasteiger partial charge is 0.359 e. The van der Waals surface area contributed by atoms with E-state index >= 15 is 0 Å². The van der Waals surface area contributed by atoms with Gasteiger partial charge in [-0.2, -0.15) is 0 Å². The molecule has 5 nitrogen and oxygen atoms in total. The van der Waals surface area contributed by atoms with E-state index in [9.17, 15) is 4.79 Å². The Hall–Kier alpha value is -1.62. The van der Waals surface area contributed by atoms with Crippen molar-refractivity contribution >= 4 is 11.7 Å². The summed E-state index contributed by atoms with van der Waals surface area (Å²) in [6.07, 6.45) is 4.50. The van der Waals surface area contributed by atoms with Crippen LogP contribution in [0.1, 0.15) is 25.3 Å². The highest BCUT2D eigenvalue weighted by Crippen LogP contribution is 2.19. The molecule has 1 atom stereocenters. The van der Waals surface area contributed by atoms with E-state index in [1.54, 1.807) is 7.05 Å². The van der Waals surface area contributed by atoms with Crippen LogP contribution in [0.2, 0.25) is 0 Å². The maximum Gasteiger partial charge on any atom is 0.224 e. The molecular weight excluding hydrogens is 252 g/mol. The minimum Gasteiger partial charge on any atom is -0.359 e. The molecule has 1 saturated carbocycles. The third-order valence-corrected chi connectivity index (χ3v) is 3.61. The number of hydrogen-bond acceptors (Lipinski definition) is 4. The van der Waals surface area contributed by atoms with Crippen molar-refractivity contribution in [1.82, 2.24) is 15.6 Å². The molecule has 1 amide bonds. The van der Waals surface area contributed by atoms with Crippen LogP contribution >= 0.6 is 0 Å². The van der Waals surface area contributed by atoms with Gasteiger partial charge in [0.15, 0.2) is 0 Å². The van der Waals surface area contributed by atoms with Crippen LogP contribution in [0, 0.1) is 5.92 Å². The highest BCUT2D eigenvalue weighted by atomic mass is 16.1. The molecule has 2 N–H and O–H groups in total. The predicted octanol–water partition coefficient (Wildman–Crippen LogP) is 1.15. The van der Waals surface area contributed by atoms with Gasteiger partial charge < -0.3 is 15.5 Å². The number of amides is 1. The minimum absolute atomic E-state index is 0.0528. The lowest BCUT2D eigenvalue weighted by Gasteiger charge is -2.21. The van der Waals surface area contributed by atoms with Crippen LogP contribution in [0.4, 0.5) is 5.82 Å². The third-order valence-electron chi connectivity index (χ3n) is 3.61. The molecule has 1 heterocycles. The first kappa shape index (κ1) is 14.8. The third kappa shape index (κ3) is 4.20. The Bertz CT molecular complexity index is 442. The van der Waals surface area contributed by atoms with Gasteiger partial charge in [-0.05, 0) is 24.5 Å². The van der Waals surface area contributed by atoms with Gasteiger partial charge in [-0.25, -0.2) is 4.98 Å². The zero-order valence-electron chi connectivity index (χ0n) is 12.5. The Kier molecular flexibility index (Phi) is 4.95. The smallest absolute Gasteiger partial charge is 0.224 e. The van der Waals surface area contributed by atoms with Gasteiger partial charge in [0.25, 0.3) is 0 Å². The van der Waals surface area contributed by atoms with Crippen LogP contribution in [-0.4, -0.2) is 37.6 Å². The molecule has 0 radical (unpaired) electrons. The Morgan fingerprint density at radius 2 is 2.25 bits per heavy atom. The average Bonchev–Trinajstić information content (AvgIpc) is 3.28. The molecule has 110 valence electrons. The fraction of sp³-hybridized carbons (Fsp3) is 0.600. The first-order valence-corrected chi connectivity index (χ1v) is 7.21. The summed E-state index contributed by atoms with van der Waals surface area (Å²) in [4.78, 5) is 18.0. The molecule has 20 heavy (non-hydrogen) atoms. The van der Waals surface area contributed by atoms with E-state index in [4.69, 9.17) is 0 Å². The normalized spacial score (nSPS) is 15.8. The van der Waals surface area contributed by atoms with E-state index in [0.29, 0.717) is 12.6 Å². The van der Waals surface area contributed by atoms with E-state index < -0.39 is 0 Å². The highest BCUT2D eigenvalue weighted by Gasteiger charge is 2.20. The molecule has 1 aromatic heterocycles. The summed E-state index contributed by atoms with van der Waals surface area (Å²) in [5.74, 6) is 0.904.